The Morgan fingerprint density at radius 3 is 2.44 bits per heavy atom. The number of carbonyl (C=O) groups excluding carboxylic acids is 3. The van der Waals surface area contributed by atoms with E-state index in [0.29, 0.717) is 37.4 Å². The van der Waals surface area contributed by atoms with Crippen molar-refractivity contribution in [3.8, 4) is 5.75 Å². The Morgan fingerprint density at radius 1 is 0.969 bits per heavy atom. The number of hydrogen-bond acceptors (Lipinski definition) is 4. The number of rotatable bonds is 7. The SMILES string of the molecule is O=C(Nc1cccc(OCC(=O)N2CCC(C(=O)c3cc(F)ccc3F)CC2)c1)C1CC1. The van der Waals surface area contributed by atoms with Gasteiger partial charge in [0.1, 0.15) is 17.4 Å². The van der Waals surface area contributed by atoms with Crippen molar-refractivity contribution in [2.75, 3.05) is 25.0 Å². The van der Waals surface area contributed by atoms with Crippen molar-refractivity contribution in [2.24, 2.45) is 11.8 Å². The van der Waals surface area contributed by atoms with Crippen LogP contribution in [0.1, 0.15) is 36.0 Å². The van der Waals surface area contributed by atoms with Crippen molar-refractivity contribution in [3.05, 3.63) is 59.7 Å². The highest BCUT2D eigenvalue weighted by Crippen LogP contribution is 2.30. The summed E-state index contributed by atoms with van der Waals surface area (Å²) in [5.74, 6) is -1.95. The number of piperidine rings is 1. The summed E-state index contributed by atoms with van der Waals surface area (Å²) in [6.07, 6.45) is 2.58. The molecule has 1 heterocycles. The number of Topliss-reactive ketones (excluding diaryl/α,β-unsaturated/α-hetero) is 1. The van der Waals surface area contributed by atoms with Crippen LogP contribution in [0.15, 0.2) is 42.5 Å². The number of ether oxygens (including phenoxy) is 1. The van der Waals surface area contributed by atoms with Crippen LogP contribution in [-0.2, 0) is 9.59 Å². The first kappa shape index (κ1) is 21.9. The monoisotopic (exact) mass is 442 g/mol. The summed E-state index contributed by atoms with van der Waals surface area (Å²) in [6, 6.07) is 9.73. The molecule has 8 heteroatoms. The van der Waals surface area contributed by atoms with Crippen LogP contribution in [0, 0.1) is 23.5 Å². The van der Waals surface area contributed by atoms with E-state index in [9.17, 15) is 23.2 Å². The topological polar surface area (TPSA) is 75.7 Å². The van der Waals surface area contributed by atoms with Crippen LogP contribution in [0.25, 0.3) is 0 Å². The third kappa shape index (κ3) is 5.30. The third-order valence-electron chi connectivity index (χ3n) is 5.82. The van der Waals surface area contributed by atoms with Gasteiger partial charge in [-0.2, -0.15) is 0 Å². The van der Waals surface area contributed by atoms with Crippen LogP contribution in [0.2, 0.25) is 0 Å². The van der Waals surface area contributed by atoms with Crippen LogP contribution in [0.3, 0.4) is 0 Å². The van der Waals surface area contributed by atoms with E-state index in [0.717, 1.165) is 31.0 Å². The first-order chi connectivity index (χ1) is 15.4. The van der Waals surface area contributed by atoms with Gasteiger partial charge in [0.15, 0.2) is 12.4 Å². The molecule has 0 aromatic heterocycles. The minimum atomic E-state index is -0.737. The summed E-state index contributed by atoms with van der Waals surface area (Å²) in [7, 11) is 0. The van der Waals surface area contributed by atoms with Crippen LogP contribution in [0.4, 0.5) is 14.5 Å². The predicted octanol–water partition coefficient (Wildman–Crippen LogP) is 3.81. The molecule has 2 aliphatic rings. The van der Waals surface area contributed by atoms with Gasteiger partial charge in [0.25, 0.3) is 5.91 Å². The summed E-state index contributed by atoms with van der Waals surface area (Å²) >= 11 is 0. The lowest BCUT2D eigenvalue weighted by molar-refractivity contribution is -0.134. The molecule has 0 atom stereocenters. The number of benzene rings is 2. The molecule has 32 heavy (non-hydrogen) atoms. The molecular formula is C24H24F2N2O4. The zero-order valence-corrected chi connectivity index (χ0v) is 17.5. The van der Waals surface area contributed by atoms with Crippen molar-refractivity contribution in [1.29, 1.82) is 0 Å². The fourth-order valence-electron chi connectivity index (χ4n) is 3.79. The van der Waals surface area contributed by atoms with E-state index >= 15 is 0 Å². The molecule has 4 rings (SSSR count). The number of hydrogen-bond donors (Lipinski definition) is 1. The lowest BCUT2D eigenvalue weighted by Crippen LogP contribution is -2.42. The number of amides is 2. The second-order valence-electron chi connectivity index (χ2n) is 8.22. The normalized spacial score (nSPS) is 16.5. The van der Waals surface area contributed by atoms with E-state index < -0.39 is 23.3 Å². The Hall–Kier alpha value is -3.29. The highest BCUT2D eigenvalue weighted by molar-refractivity contribution is 5.98. The van der Waals surface area contributed by atoms with E-state index in [-0.39, 0.29) is 29.9 Å². The van der Waals surface area contributed by atoms with Gasteiger partial charge in [-0.25, -0.2) is 8.78 Å². The minimum Gasteiger partial charge on any atom is -0.484 e. The largest absolute Gasteiger partial charge is 0.484 e. The number of carbonyl (C=O) groups is 3. The molecule has 6 nitrogen and oxygen atoms in total. The van der Waals surface area contributed by atoms with Gasteiger partial charge in [-0.05, 0) is 56.0 Å². The predicted molar refractivity (Wildman–Crippen MR) is 113 cm³/mol. The van der Waals surface area contributed by atoms with Gasteiger partial charge in [0.2, 0.25) is 5.91 Å². The van der Waals surface area contributed by atoms with Gasteiger partial charge in [-0.1, -0.05) is 6.07 Å². The van der Waals surface area contributed by atoms with Gasteiger partial charge in [0.05, 0.1) is 5.56 Å². The lowest BCUT2D eigenvalue weighted by atomic mass is 9.88. The average molecular weight is 442 g/mol. The molecule has 1 saturated carbocycles. The van der Waals surface area contributed by atoms with Gasteiger partial charge >= 0.3 is 0 Å². The van der Waals surface area contributed by atoms with E-state index in [1.54, 1.807) is 29.2 Å². The molecule has 2 amide bonds. The summed E-state index contributed by atoms with van der Waals surface area (Å²) in [5, 5.41) is 2.84. The van der Waals surface area contributed by atoms with Crippen molar-refractivity contribution < 1.29 is 27.9 Å². The van der Waals surface area contributed by atoms with Crippen molar-refractivity contribution in [1.82, 2.24) is 4.90 Å². The van der Waals surface area contributed by atoms with Crippen molar-refractivity contribution in [3.63, 3.8) is 0 Å². The van der Waals surface area contributed by atoms with E-state index in [1.165, 1.54) is 0 Å². The number of ketones is 1. The molecule has 0 spiro atoms. The molecule has 0 bridgehead atoms. The van der Waals surface area contributed by atoms with Crippen molar-refractivity contribution in [2.45, 2.75) is 25.7 Å². The van der Waals surface area contributed by atoms with Crippen LogP contribution in [0.5, 0.6) is 5.75 Å². The van der Waals surface area contributed by atoms with Gasteiger partial charge in [-0.15, -0.1) is 0 Å². The summed E-state index contributed by atoms with van der Waals surface area (Å²) < 4.78 is 32.9. The number of nitrogens with zero attached hydrogens (tertiary/aromatic N) is 1. The van der Waals surface area contributed by atoms with Crippen LogP contribution < -0.4 is 10.1 Å². The second kappa shape index (κ2) is 9.46. The lowest BCUT2D eigenvalue weighted by Gasteiger charge is -2.31. The fourth-order valence-corrected chi connectivity index (χ4v) is 3.79. The van der Waals surface area contributed by atoms with Crippen LogP contribution >= 0.6 is 0 Å². The quantitative estimate of drug-likeness (QED) is 0.662. The number of nitrogens with one attached hydrogen (secondary N) is 1. The van der Waals surface area contributed by atoms with Gasteiger partial charge in [0, 0.05) is 36.7 Å². The van der Waals surface area contributed by atoms with E-state index in [4.69, 9.17) is 4.74 Å². The molecule has 2 aromatic carbocycles. The first-order valence-electron chi connectivity index (χ1n) is 10.7. The maximum absolute atomic E-state index is 13.9. The van der Waals surface area contributed by atoms with E-state index in [2.05, 4.69) is 5.32 Å². The molecule has 2 aromatic rings. The molecule has 0 radical (unpaired) electrons. The Morgan fingerprint density at radius 2 is 1.72 bits per heavy atom. The molecule has 1 saturated heterocycles. The smallest absolute Gasteiger partial charge is 0.260 e. The Labute approximate surface area is 184 Å². The minimum absolute atomic E-state index is 0.00577. The molecular weight excluding hydrogens is 418 g/mol. The highest BCUT2D eigenvalue weighted by Gasteiger charge is 2.30. The molecule has 168 valence electrons. The first-order valence-corrected chi connectivity index (χ1v) is 10.7. The maximum atomic E-state index is 13.9. The number of likely N-dealkylation sites (tertiary alicyclic amines) is 1. The Balaban J connectivity index is 1.26. The summed E-state index contributed by atoms with van der Waals surface area (Å²) in [6.45, 7) is 0.511. The zero-order valence-electron chi connectivity index (χ0n) is 17.5. The van der Waals surface area contributed by atoms with Gasteiger partial charge in [-0.3, -0.25) is 14.4 Å². The highest BCUT2D eigenvalue weighted by atomic mass is 19.1. The molecule has 1 aliphatic carbocycles. The molecule has 1 aliphatic heterocycles. The fraction of sp³-hybridized carbons (Fsp3) is 0.375. The molecule has 1 N–H and O–H groups in total. The third-order valence-corrected chi connectivity index (χ3v) is 5.82. The van der Waals surface area contributed by atoms with Gasteiger partial charge < -0.3 is 15.0 Å². The van der Waals surface area contributed by atoms with Crippen LogP contribution in [-0.4, -0.2) is 42.2 Å². The van der Waals surface area contributed by atoms with E-state index in [1.807, 2.05) is 0 Å². The zero-order chi connectivity index (χ0) is 22.7. The summed E-state index contributed by atoms with van der Waals surface area (Å²) in [5.41, 5.74) is 0.377. The average Bonchev–Trinajstić information content (AvgIpc) is 3.65. The maximum Gasteiger partial charge on any atom is 0.260 e. The summed E-state index contributed by atoms with van der Waals surface area (Å²) in [4.78, 5) is 38.5. The second-order valence-corrected chi connectivity index (χ2v) is 8.22. The Bertz CT molecular complexity index is 1030. The standard InChI is InChI=1S/C24H24F2N2O4/c25-17-6-7-21(26)20(12-17)23(30)15-8-10-28(11-9-15)22(29)14-32-19-3-1-2-18(13-19)27-24(31)16-4-5-16/h1-3,6-7,12-13,15-16H,4-5,8-11,14H2,(H,27,31). The number of anilines is 1. The number of halogens is 2. The molecule has 2 fully saturated rings. The van der Waals surface area contributed by atoms with Crippen molar-refractivity contribution >= 4 is 23.3 Å². The molecule has 0 unspecified atom stereocenters. The Kier molecular flexibility index (Phi) is 6.48.